The molecule has 1 aromatic heterocycles. The van der Waals surface area contributed by atoms with Crippen LogP contribution in [0.25, 0.3) is 16.8 Å². The molecule has 0 aliphatic heterocycles. The first kappa shape index (κ1) is 25.5. The van der Waals surface area contributed by atoms with Gasteiger partial charge in [0, 0.05) is 43.0 Å². The highest BCUT2D eigenvalue weighted by Gasteiger charge is 2.25. The first-order chi connectivity index (χ1) is 16.8. The summed E-state index contributed by atoms with van der Waals surface area (Å²) in [6, 6.07) is 9.33. The van der Waals surface area contributed by atoms with Crippen molar-refractivity contribution in [2.45, 2.75) is 50.5 Å². The maximum atomic E-state index is 5.20. The molecule has 0 saturated carbocycles. The Morgan fingerprint density at radius 1 is 0.914 bits per heavy atom. The molecule has 0 amide bonds. The van der Waals surface area contributed by atoms with E-state index in [0.29, 0.717) is 12.0 Å². The molecular weight excluding hydrogens is 430 g/mol. The lowest BCUT2D eigenvalue weighted by Crippen LogP contribution is -2.28. The smallest absolute Gasteiger partial charge is 0.134 e. The molecule has 0 bridgehead atoms. The SMILES string of the molecule is CN(C)CCCC1=CC=C(c2nc(-c3ccc(N(C)C)cc3)c(C3C=CC(N(C)C)CC3)[nH]2)CC1. The van der Waals surface area contributed by atoms with Crippen LogP contribution in [0.2, 0.25) is 0 Å². The summed E-state index contributed by atoms with van der Waals surface area (Å²) in [6.07, 6.45) is 16.3. The Labute approximate surface area is 212 Å². The lowest BCUT2D eigenvalue weighted by molar-refractivity contribution is 0.310. The zero-order valence-electron chi connectivity index (χ0n) is 22.5. The number of hydrogen-bond donors (Lipinski definition) is 1. The monoisotopic (exact) mass is 473 g/mol. The van der Waals surface area contributed by atoms with E-state index in [-0.39, 0.29) is 0 Å². The van der Waals surface area contributed by atoms with E-state index in [1.807, 2.05) is 0 Å². The van der Waals surface area contributed by atoms with Crippen molar-refractivity contribution in [3.05, 3.63) is 65.7 Å². The molecule has 188 valence electrons. The van der Waals surface area contributed by atoms with Crippen LogP contribution in [0.1, 0.15) is 56.0 Å². The average molecular weight is 474 g/mol. The number of rotatable bonds is 9. The zero-order valence-corrected chi connectivity index (χ0v) is 22.5. The number of hydrogen-bond acceptors (Lipinski definition) is 4. The zero-order chi connectivity index (χ0) is 24.9. The third-order valence-electron chi connectivity index (χ3n) is 7.41. The predicted molar refractivity (Wildman–Crippen MR) is 150 cm³/mol. The van der Waals surface area contributed by atoms with E-state index in [1.165, 1.54) is 41.8 Å². The van der Waals surface area contributed by atoms with Crippen LogP contribution in [0.3, 0.4) is 0 Å². The molecule has 0 radical (unpaired) electrons. The minimum Gasteiger partial charge on any atom is -0.378 e. The molecule has 5 heteroatoms. The molecule has 5 nitrogen and oxygen atoms in total. The molecule has 0 spiro atoms. The van der Waals surface area contributed by atoms with Gasteiger partial charge in [0.15, 0.2) is 0 Å². The van der Waals surface area contributed by atoms with Crippen molar-refractivity contribution in [3.63, 3.8) is 0 Å². The van der Waals surface area contributed by atoms with E-state index in [1.54, 1.807) is 5.57 Å². The molecule has 2 aromatic rings. The second-order valence-corrected chi connectivity index (χ2v) is 10.8. The normalized spacial score (nSPS) is 20.3. The molecule has 1 aromatic carbocycles. The largest absolute Gasteiger partial charge is 0.378 e. The highest BCUT2D eigenvalue weighted by atomic mass is 15.1. The van der Waals surface area contributed by atoms with Gasteiger partial charge in [0.05, 0.1) is 5.69 Å². The summed E-state index contributed by atoms with van der Waals surface area (Å²) in [5, 5.41) is 0. The number of H-pyrrole nitrogens is 1. The Balaban J connectivity index is 1.62. The predicted octanol–water partition coefficient (Wildman–Crippen LogP) is 5.95. The van der Waals surface area contributed by atoms with Crippen molar-refractivity contribution in [3.8, 4) is 11.3 Å². The molecule has 0 saturated heterocycles. The quantitative estimate of drug-likeness (QED) is 0.457. The van der Waals surface area contributed by atoms with Gasteiger partial charge in [-0.15, -0.1) is 0 Å². The van der Waals surface area contributed by atoms with Gasteiger partial charge in [-0.2, -0.15) is 0 Å². The van der Waals surface area contributed by atoms with Crippen LogP contribution in [0.15, 0.2) is 54.1 Å². The molecular formula is C30H43N5. The highest BCUT2D eigenvalue weighted by Crippen LogP contribution is 2.37. The van der Waals surface area contributed by atoms with E-state index in [0.717, 1.165) is 37.3 Å². The van der Waals surface area contributed by atoms with Gasteiger partial charge < -0.3 is 19.7 Å². The Morgan fingerprint density at radius 3 is 2.26 bits per heavy atom. The van der Waals surface area contributed by atoms with Gasteiger partial charge in [-0.1, -0.05) is 42.0 Å². The molecule has 2 aliphatic rings. The number of nitrogens with one attached hydrogen (secondary N) is 1. The van der Waals surface area contributed by atoms with E-state index >= 15 is 0 Å². The first-order valence-corrected chi connectivity index (χ1v) is 13.1. The van der Waals surface area contributed by atoms with Gasteiger partial charge in [0.2, 0.25) is 0 Å². The maximum Gasteiger partial charge on any atom is 0.134 e. The molecule has 4 rings (SSSR count). The third-order valence-corrected chi connectivity index (χ3v) is 7.41. The van der Waals surface area contributed by atoms with E-state index in [9.17, 15) is 0 Å². The summed E-state index contributed by atoms with van der Waals surface area (Å²) in [6.45, 7) is 1.15. The van der Waals surface area contributed by atoms with E-state index < -0.39 is 0 Å². The number of nitrogens with zero attached hydrogens (tertiary/aromatic N) is 4. The number of allylic oxidation sites excluding steroid dienone is 5. The fourth-order valence-corrected chi connectivity index (χ4v) is 5.13. The second kappa shape index (κ2) is 11.4. The highest BCUT2D eigenvalue weighted by molar-refractivity contribution is 5.71. The van der Waals surface area contributed by atoms with Crippen LogP contribution in [-0.4, -0.2) is 74.6 Å². The summed E-state index contributed by atoms with van der Waals surface area (Å²) in [5.41, 5.74) is 7.64. The maximum absolute atomic E-state index is 5.20. The average Bonchev–Trinajstić information content (AvgIpc) is 3.30. The van der Waals surface area contributed by atoms with Crippen LogP contribution in [0.5, 0.6) is 0 Å². The van der Waals surface area contributed by atoms with Gasteiger partial charge in [-0.25, -0.2) is 4.98 Å². The third kappa shape index (κ3) is 6.33. The Bertz CT molecular complexity index is 1070. The van der Waals surface area contributed by atoms with Crippen LogP contribution in [-0.2, 0) is 0 Å². The van der Waals surface area contributed by atoms with Crippen LogP contribution >= 0.6 is 0 Å². The van der Waals surface area contributed by atoms with Gasteiger partial charge >= 0.3 is 0 Å². The number of aromatic amines is 1. The van der Waals surface area contributed by atoms with Crippen molar-refractivity contribution in [2.75, 3.05) is 53.7 Å². The number of imidazole rings is 1. The van der Waals surface area contributed by atoms with Crippen molar-refractivity contribution in [1.82, 2.24) is 19.8 Å². The lowest BCUT2D eigenvalue weighted by atomic mass is 9.88. The number of benzene rings is 1. The lowest BCUT2D eigenvalue weighted by Gasteiger charge is -2.27. The summed E-state index contributed by atoms with van der Waals surface area (Å²) in [4.78, 5) is 15.7. The minimum absolute atomic E-state index is 0.373. The summed E-state index contributed by atoms with van der Waals surface area (Å²) in [5.74, 6) is 1.41. The number of aromatic nitrogens is 2. The van der Waals surface area contributed by atoms with E-state index in [4.69, 9.17) is 4.98 Å². The van der Waals surface area contributed by atoms with E-state index in [2.05, 4.69) is 111 Å². The standard InChI is InChI=1S/C30H43N5/c1-33(2)21-7-8-22-9-11-25(12-10-22)30-31-28(23-13-17-26(18-14-23)34(3)4)29(32-30)24-15-19-27(20-16-24)35(5)6/h9,11,13-15,17-19,24,27H,7-8,10,12,16,20-21H2,1-6H3,(H,31,32). The van der Waals surface area contributed by atoms with Gasteiger partial charge in [-0.3, -0.25) is 0 Å². The fourth-order valence-electron chi connectivity index (χ4n) is 5.13. The summed E-state index contributed by atoms with van der Waals surface area (Å²) in [7, 11) is 12.8. The van der Waals surface area contributed by atoms with Crippen molar-refractivity contribution < 1.29 is 0 Å². The minimum atomic E-state index is 0.373. The molecule has 35 heavy (non-hydrogen) atoms. The molecule has 1 N–H and O–H groups in total. The Morgan fingerprint density at radius 2 is 1.69 bits per heavy atom. The summed E-state index contributed by atoms with van der Waals surface area (Å²) >= 11 is 0. The van der Waals surface area contributed by atoms with Crippen LogP contribution in [0.4, 0.5) is 5.69 Å². The Hall–Kier alpha value is -2.63. The Kier molecular flexibility index (Phi) is 8.30. The van der Waals surface area contributed by atoms with Crippen molar-refractivity contribution in [2.24, 2.45) is 0 Å². The van der Waals surface area contributed by atoms with Gasteiger partial charge in [0.25, 0.3) is 0 Å². The topological polar surface area (TPSA) is 38.4 Å². The van der Waals surface area contributed by atoms with Crippen molar-refractivity contribution in [1.29, 1.82) is 0 Å². The first-order valence-electron chi connectivity index (χ1n) is 13.1. The fraction of sp³-hybridized carbons (Fsp3) is 0.500. The number of anilines is 1. The molecule has 2 unspecified atom stereocenters. The number of likely N-dealkylation sites (N-methyl/N-ethyl adjacent to an activating group) is 1. The molecule has 0 fully saturated rings. The van der Waals surface area contributed by atoms with Gasteiger partial charge in [-0.05, 0) is 91.0 Å². The van der Waals surface area contributed by atoms with Gasteiger partial charge in [0.1, 0.15) is 5.82 Å². The molecule has 2 aliphatic carbocycles. The van der Waals surface area contributed by atoms with Crippen LogP contribution in [0, 0.1) is 0 Å². The molecule has 2 atom stereocenters. The van der Waals surface area contributed by atoms with Crippen molar-refractivity contribution >= 4 is 11.3 Å². The second-order valence-electron chi connectivity index (χ2n) is 10.8. The van der Waals surface area contributed by atoms with Crippen LogP contribution < -0.4 is 4.90 Å². The molecule has 1 heterocycles. The summed E-state index contributed by atoms with van der Waals surface area (Å²) < 4.78 is 0.